The first-order valence-corrected chi connectivity index (χ1v) is 10.1. The number of piperidine rings is 1. The molecule has 3 heterocycles. The van der Waals surface area contributed by atoms with E-state index in [0.717, 1.165) is 63.8 Å². The van der Waals surface area contributed by atoms with E-state index in [1.54, 1.807) is 6.07 Å². The minimum absolute atomic E-state index is 0.00823. The number of morpholine rings is 1. The number of rotatable bonds is 6. The first-order chi connectivity index (χ1) is 13.8. The van der Waals surface area contributed by atoms with E-state index < -0.39 is 0 Å². The van der Waals surface area contributed by atoms with Gasteiger partial charge < -0.3 is 14.4 Å². The van der Waals surface area contributed by atoms with E-state index in [-0.39, 0.29) is 5.91 Å². The fraction of sp³-hybridized carbons (Fsp3) is 0.524. The van der Waals surface area contributed by atoms with Gasteiger partial charge in [-0.1, -0.05) is 18.2 Å². The second kappa shape index (κ2) is 9.21. The van der Waals surface area contributed by atoms with Gasteiger partial charge in [-0.05, 0) is 37.0 Å². The van der Waals surface area contributed by atoms with E-state index in [4.69, 9.17) is 9.47 Å². The summed E-state index contributed by atoms with van der Waals surface area (Å²) in [6, 6.07) is 11.4. The number of para-hydroxylation sites is 1. The minimum Gasteiger partial charge on any atom is -0.487 e. The molecule has 1 N–H and O–H groups in total. The molecule has 2 aromatic rings. The fourth-order valence-corrected chi connectivity index (χ4v) is 3.93. The van der Waals surface area contributed by atoms with Crippen molar-refractivity contribution >= 4 is 5.91 Å². The van der Waals surface area contributed by atoms with Crippen molar-refractivity contribution in [1.29, 1.82) is 0 Å². The lowest BCUT2D eigenvalue weighted by molar-refractivity contribution is 0.0223. The Labute approximate surface area is 165 Å². The van der Waals surface area contributed by atoms with Gasteiger partial charge in [-0.2, -0.15) is 5.10 Å². The number of aromatic amines is 1. The molecule has 7 heteroatoms. The van der Waals surface area contributed by atoms with Crippen LogP contribution in [-0.2, 0) is 11.3 Å². The maximum atomic E-state index is 12.9. The van der Waals surface area contributed by atoms with E-state index in [1.807, 2.05) is 35.2 Å². The monoisotopic (exact) mass is 384 g/mol. The quantitative estimate of drug-likeness (QED) is 0.827. The number of aromatic nitrogens is 2. The topological polar surface area (TPSA) is 70.7 Å². The van der Waals surface area contributed by atoms with Crippen LogP contribution in [0.1, 0.15) is 29.0 Å². The first-order valence-electron chi connectivity index (χ1n) is 10.1. The normalized spacial score (nSPS) is 20.9. The van der Waals surface area contributed by atoms with Gasteiger partial charge in [-0.25, -0.2) is 0 Å². The molecule has 2 fully saturated rings. The number of carbonyl (C=O) groups is 1. The third-order valence-corrected chi connectivity index (χ3v) is 5.41. The molecule has 1 aromatic heterocycles. The number of nitrogens with zero attached hydrogens (tertiary/aromatic N) is 3. The average Bonchev–Trinajstić information content (AvgIpc) is 3.22. The summed E-state index contributed by atoms with van der Waals surface area (Å²) in [7, 11) is 0. The Hall–Kier alpha value is -2.38. The van der Waals surface area contributed by atoms with Crippen LogP contribution in [-0.4, -0.2) is 71.8 Å². The Kier molecular flexibility index (Phi) is 6.24. The van der Waals surface area contributed by atoms with Crippen LogP contribution < -0.4 is 4.74 Å². The molecule has 2 aliphatic rings. The molecule has 1 amide bonds. The second-order valence-electron chi connectivity index (χ2n) is 7.55. The summed E-state index contributed by atoms with van der Waals surface area (Å²) >= 11 is 0. The van der Waals surface area contributed by atoms with Crippen LogP contribution in [0.2, 0.25) is 0 Å². The molecule has 0 saturated carbocycles. The highest BCUT2D eigenvalue weighted by molar-refractivity contribution is 5.92. The summed E-state index contributed by atoms with van der Waals surface area (Å²) in [4.78, 5) is 17.3. The Morgan fingerprint density at radius 1 is 1.21 bits per heavy atom. The van der Waals surface area contributed by atoms with E-state index in [9.17, 15) is 4.79 Å². The summed E-state index contributed by atoms with van der Waals surface area (Å²) in [6.07, 6.45) is 2.23. The molecule has 1 aromatic carbocycles. The number of amides is 1. The zero-order valence-corrected chi connectivity index (χ0v) is 16.2. The number of likely N-dealkylation sites (tertiary alicyclic amines) is 1. The molecule has 28 heavy (non-hydrogen) atoms. The van der Waals surface area contributed by atoms with Crippen LogP contribution in [0, 0.1) is 5.92 Å². The van der Waals surface area contributed by atoms with Crippen molar-refractivity contribution in [2.24, 2.45) is 5.92 Å². The summed E-state index contributed by atoms with van der Waals surface area (Å²) in [5, 5.41) is 7.15. The van der Waals surface area contributed by atoms with Crippen LogP contribution in [0.4, 0.5) is 0 Å². The third-order valence-electron chi connectivity index (χ3n) is 5.41. The van der Waals surface area contributed by atoms with Crippen LogP contribution in [0.3, 0.4) is 0 Å². The largest absolute Gasteiger partial charge is 0.487 e. The molecule has 2 aliphatic heterocycles. The van der Waals surface area contributed by atoms with Crippen LogP contribution in [0.25, 0.3) is 0 Å². The summed E-state index contributed by atoms with van der Waals surface area (Å²) in [5.41, 5.74) is 1.27. The molecule has 0 radical (unpaired) electrons. The summed E-state index contributed by atoms with van der Waals surface area (Å²) < 4.78 is 11.1. The van der Waals surface area contributed by atoms with Gasteiger partial charge in [0.2, 0.25) is 0 Å². The Morgan fingerprint density at radius 2 is 2.04 bits per heavy atom. The molecule has 2 saturated heterocycles. The lowest BCUT2D eigenvalue weighted by Gasteiger charge is -2.36. The van der Waals surface area contributed by atoms with Crippen LogP contribution in [0.5, 0.6) is 5.75 Å². The molecule has 1 unspecified atom stereocenters. The van der Waals surface area contributed by atoms with Crippen molar-refractivity contribution in [2.45, 2.75) is 19.4 Å². The number of benzene rings is 1. The number of H-pyrrole nitrogens is 1. The highest BCUT2D eigenvalue weighted by Crippen LogP contribution is 2.20. The molecular formula is C21H28N4O3. The van der Waals surface area contributed by atoms with Crippen LogP contribution >= 0.6 is 0 Å². The Balaban J connectivity index is 1.30. The standard InChI is InChI=1S/C21H28N4O3/c26-21(20-13-18(22-23-20)16-28-19-6-2-1-3-7-19)25-8-4-5-17(15-25)14-24-9-11-27-12-10-24/h1-3,6-7,13,17H,4-5,8-12,14-16H2,(H,22,23). The summed E-state index contributed by atoms with van der Waals surface area (Å²) in [6.45, 7) is 6.64. The van der Waals surface area contributed by atoms with Crippen molar-refractivity contribution in [1.82, 2.24) is 20.0 Å². The van der Waals surface area contributed by atoms with Crippen molar-refractivity contribution in [3.05, 3.63) is 47.8 Å². The molecular weight excluding hydrogens is 356 g/mol. The smallest absolute Gasteiger partial charge is 0.274 e. The van der Waals surface area contributed by atoms with E-state index in [1.165, 1.54) is 6.42 Å². The number of nitrogens with one attached hydrogen (secondary N) is 1. The number of carbonyl (C=O) groups excluding carboxylic acids is 1. The zero-order chi connectivity index (χ0) is 19.2. The van der Waals surface area contributed by atoms with Gasteiger partial charge >= 0.3 is 0 Å². The van der Waals surface area contributed by atoms with Gasteiger partial charge in [0.1, 0.15) is 12.4 Å². The Bertz CT molecular complexity index is 758. The predicted octanol–water partition coefficient (Wildman–Crippen LogP) is 2.17. The number of ether oxygens (including phenoxy) is 2. The first kappa shape index (κ1) is 19.0. The Morgan fingerprint density at radius 3 is 2.86 bits per heavy atom. The maximum Gasteiger partial charge on any atom is 0.274 e. The molecule has 150 valence electrons. The molecule has 0 aliphatic carbocycles. The van der Waals surface area contributed by atoms with E-state index >= 15 is 0 Å². The third kappa shape index (κ3) is 4.91. The molecule has 0 bridgehead atoms. The fourth-order valence-electron chi connectivity index (χ4n) is 3.93. The van der Waals surface area contributed by atoms with Crippen molar-refractivity contribution in [3.63, 3.8) is 0 Å². The second-order valence-corrected chi connectivity index (χ2v) is 7.55. The minimum atomic E-state index is 0.00823. The van der Waals surface area contributed by atoms with Crippen molar-refractivity contribution in [3.8, 4) is 5.75 Å². The highest BCUT2D eigenvalue weighted by Gasteiger charge is 2.27. The van der Waals surface area contributed by atoms with Gasteiger partial charge in [0.15, 0.2) is 5.69 Å². The van der Waals surface area contributed by atoms with Gasteiger partial charge in [0.25, 0.3) is 5.91 Å². The molecule has 1 atom stereocenters. The lowest BCUT2D eigenvalue weighted by atomic mass is 9.97. The van der Waals surface area contributed by atoms with Gasteiger partial charge in [0.05, 0.1) is 18.9 Å². The average molecular weight is 384 g/mol. The number of hydrogen-bond acceptors (Lipinski definition) is 5. The molecule has 4 rings (SSSR count). The molecule has 0 spiro atoms. The SMILES string of the molecule is O=C(c1cc(COc2ccccc2)[nH]n1)N1CCCC(CN2CCOCC2)C1. The van der Waals surface area contributed by atoms with Gasteiger partial charge in [0, 0.05) is 32.7 Å². The maximum absolute atomic E-state index is 12.9. The zero-order valence-electron chi connectivity index (χ0n) is 16.2. The molecule has 7 nitrogen and oxygen atoms in total. The van der Waals surface area contributed by atoms with Crippen molar-refractivity contribution in [2.75, 3.05) is 45.9 Å². The van der Waals surface area contributed by atoms with Crippen LogP contribution in [0.15, 0.2) is 36.4 Å². The van der Waals surface area contributed by atoms with Gasteiger partial charge in [-0.3, -0.25) is 14.8 Å². The van der Waals surface area contributed by atoms with E-state index in [0.29, 0.717) is 18.2 Å². The predicted molar refractivity (Wildman–Crippen MR) is 105 cm³/mol. The van der Waals surface area contributed by atoms with Gasteiger partial charge in [-0.15, -0.1) is 0 Å². The summed E-state index contributed by atoms with van der Waals surface area (Å²) in [5.74, 6) is 1.33. The van der Waals surface area contributed by atoms with E-state index in [2.05, 4.69) is 15.1 Å². The highest BCUT2D eigenvalue weighted by atomic mass is 16.5. The lowest BCUT2D eigenvalue weighted by Crippen LogP contribution is -2.46. The van der Waals surface area contributed by atoms with Crippen molar-refractivity contribution < 1.29 is 14.3 Å². The number of hydrogen-bond donors (Lipinski definition) is 1.